The van der Waals surface area contributed by atoms with Crippen molar-refractivity contribution in [1.82, 2.24) is 5.32 Å². The molecule has 1 amide bonds. The van der Waals surface area contributed by atoms with E-state index in [1.54, 1.807) is 0 Å². The van der Waals surface area contributed by atoms with Crippen LogP contribution in [0.1, 0.15) is 13.3 Å². The number of esters is 1. The van der Waals surface area contributed by atoms with Crippen molar-refractivity contribution in [3.8, 4) is 0 Å². The molecule has 15 heavy (non-hydrogen) atoms. The van der Waals surface area contributed by atoms with Crippen LogP contribution in [0.5, 0.6) is 0 Å². The summed E-state index contributed by atoms with van der Waals surface area (Å²) in [6.45, 7) is 1.95. The first-order chi connectivity index (χ1) is 7.02. The molecule has 0 radical (unpaired) electrons. The fourth-order valence-electron chi connectivity index (χ4n) is 0.697. The predicted molar refractivity (Wildman–Crippen MR) is 51.0 cm³/mol. The molecule has 0 atom stereocenters. The van der Waals surface area contributed by atoms with Crippen LogP contribution in [0.4, 0.5) is 0 Å². The van der Waals surface area contributed by atoms with Gasteiger partial charge in [-0.25, -0.2) is 9.59 Å². The summed E-state index contributed by atoms with van der Waals surface area (Å²) < 4.78 is 4.63. The summed E-state index contributed by atoms with van der Waals surface area (Å²) >= 11 is 0. The van der Waals surface area contributed by atoms with Gasteiger partial charge in [0.2, 0.25) is 5.91 Å². The zero-order valence-electron chi connectivity index (χ0n) is 8.36. The molecule has 0 fully saturated rings. The quantitative estimate of drug-likeness (QED) is 0.360. The number of hydrogen-bond acceptors (Lipinski definition) is 4. The van der Waals surface area contributed by atoms with Gasteiger partial charge in [-0.1, -0.05) is 0 Å². The SMILES string of the molecule is CC(=O)NCCCOC(=O)/C=C/C(=O)O. The van der Waals surface area contributed by atoms with Gasteiger partial charge < -0.3 is 15.2 Å². The van der Waals surface area contributed by atoms with Crippen LogP contribution >= 0.6 is 0 Å². The van der Waals surface area contributed by atoms with Gasteiger partial charge in [-0.15, -0.1) is 0 Å². The van der Waals surface area contributed by atoms with Gasteiger partial charge >= 0.3 is 11.9 Å². The highest BCUT2D eigenvalue weighted by molar-refractivity contribution is 5.90. The summed E-state index contributed by atoms with van der Waals surface area (Å²) in [4.78, 5) is 31.2. The lowest BCUT2D eigenvalue weighted by Crippen LogP contribution is -2.22. The second-order valence-corrected chi connectivity index (χ2v) is 2.68. The van der Waals surface area contributed by atoms with E-state index in [0.29, 0.717) is 19.0 Å². The van der Waals surface area contributed by atoms with E-state index in [1.807, 2.05) is 0 Å². The largest absolute Gasteiger partial charge is 0.478 e. The van der Waals surface area contributed by atoms with E-state index in [0.717, 1.165) is 6.08 Å². The van der Waals surface area contributed by atoms with Crippen LogP contribution in [-0.4, -0.2) is 36.1 Å². The third kappa shape index (κ3) is 10.1. The minimum Gasteiger partial charge on any atom is -0.478 e. The number of carbonyl (C=O) groups is 3. The van der Waals surface area contributed by atoms with Gasteiger partial charge in [0, 0.05) is 25.6 Å². The van der Waals surface area contributed by atoms with Crippen LogP contribution in [0, 0.1) is 0 Å². The van der Waals surface area contributed by atoms with Gasteiger partial charge in [-0.3, -0.25) is 4.79 Å². The predicted octanol–water partition coefficient (Wildman–Crippen LogP) is -0.303. The first kappa shape index (κ1) is 13.2. The van der Waals surface area contributed by atoms with Gasteiger partial charge in [0.1, 0.15) is 0 Å². The van der Waals surface area contributed by atoms with Gasteiger partial charge in [0.25, 0.3) is 0 Å². The highest BCUT2D eigenvalue weighted by Crippen LogP contribution is 1.85. The Kier molecular flexibility index (Phi) is 6.61. The number of aliphatic carboxylic acids is 1. The fourth-order valence-corrected chi connectivity index (χ4v) is 0.697. The smallest absolute Gasteiger partial charge is 0.331 e. The topological polar surface area (TPSA) is 92.7 Å². The average Bonchev–Trinajstić information content (AvgIpc) is 2.13. The summed E-state index contributed by atoms with van der Waals surface area (Å²) in [5.74, 6) is -2.06. The monoisotopic (exact) mass is 215 g/mol. The van der Waals surface area contributed by atoms with E-state index in [1.165, 1.54) is 6.92 Å². The number of ether oxygens (including phenoxy) is 1. The standard InChI is InChI=1S/C9H13NO5/c1-7(11)10-5-2-6-15-9(14)4-3-8(12)13/h3-4H,2,5-6H2,1H3,(H,10,11)(H,12,13)/b4-3+. The summed E-state index contributed by atoms with van der Waals surface area (Å²) in [6.07, 6.45) is 2.03. The molecule has 0 unspecified atom stereocenters. The lowest BCUT2D eigenvalue weighted by molar-refractivity contribution is -0.138. The Morgan fingerprint density at radius 2 is 2.00 bits per heavy atom. The van der Waals surface area contributed by atoms with Crippen LogP contribution < -0.4 is 5.32 Å². The molecule has 6 nitrogen and oxygen atoms in total. The minimum absolute atomic E-state index is 0.142. The van der Waals surface area contributed by atoms with Crippen molar-refractivity contribution in [1.29, 1.82) is 0 Å². The summed E-state index contributed by atoms with van der Waals surface area (Å²) in [6, 6.07) is 0. The van der Waals surface area contributed by atoms with Gasteiger partial charge in [0.05, 0.1) is 6.61 Å². The van der Waals surface area contributed by atoms with E-state index in [-0.39, 0.29) is 12.5 Å². The Labute approximate surface area is 86.9 Å². The molecule has 0 spiro atoms. The molecule has 6 heteroatoms. The number of rotatable bonds is 6. The van der Waals surface area contributed by atoms with E-state index < -0.39 is 11.9 Å². The van der Waals surface area contributed by atoms with Crippen molar-refractivity contribution in [2.45, 2.75) is 13.3 Å². The van der Waals surface area contributed by atoms with Crippen LogP contribution in [-0.2, 0) is 19.1 Å². The minimum atomic E-state index is -1.20. The molecule has 0 saturated heterocycles. The number of nitrogens with one attached hydrogen (secondary N) is 1. The Morgan fingerprint density at radius 3 is 2.53 bits per heavy atom. The van der Waals surface area contributed by atoms with Gasteiger partial charge in [0.15, 0.2) is 0 Å². The fraction of sp³-hybridized carbons (Fsp3) is 0.444. The maximum Gasteiger partial charge on any atom is 0.331 e. The van der Waals surface area contributed by atoms with E-state index >= 15 is 0 Å². The molecular formula is C9H13NO5. The molecule has 0 aromatic heterocycles. The molecule has 0 aliphatic rings. The van der Waals surface area contributed by atoms with E-state index in [4.69, 9.17) is 5.11 Å². The van der Waals surface area contributed by atoms with Crippen molar-refractivity contribution < 1.29 is 24.2 Å². The molecule has 0 aromatic carbocycles. The molecule has 0 heterocycles. The molecule has 0 aromatic rings. The highest BCUT2D eigenvalue weighted by atomic mass is 16.5. The van der Waals surface area contributed by atoms with Crippen LogP contribution in [0.2, 0.25) is 0 Å². The molecule has 0 aliphatic carbocycles. The molecule has 0 aliphatic heterocycles. The van der Waals surface area contributed by atoms with Crippen molar-refractivity contribution in [2.24, 2.45) is 0 Å². The zero-order chi connectivity index (χ0) is 11.7. The molecule has 2 N–H and O–H groups in total. The second kappa shape index (κ2) is 7.54. The Bertz CT molecular complexity index is 272. The second-order valence-electron chi connectivity index (χ2n) is 2.68. The van der Waals surface area contributed by atoms with Gasteiger partial charge in [-0.05, 0) is 6.42 Å². The summed E-state index contributed by atoms with van der Waals surface area (Å²) in [5.41, 5.74) is 0. The number of hydrogen-bond donors (Lipinski definition) is 2. The zero-order valence-corrected chi connectivity index (χ0v) is 8.36. The maximum absolute atomic E-state index is 10.8. The first-order valence-electron chi connectivity index (χ1n) is 4.34. The molecule has 0 bridgehead atoms. The molecule has 84 valence electrons. The Balaban J connectivity index is 3.47. The van der Waals surface area contributed by atoms with Crippen LogP contribution in [0.3, 0.4) is 0 Å². The Hall–Kier alpha value is -1.85. The average molecular weight is 215 g/mol. The lowest BCUT2D eigenvalue weighted by atomic mass is 10.4. The van der Waals surface area contributed by atoms with E-state index in [9.17, 15) is 14.4 Å². The maximum atomic E-state index is 10.8. The normalized spacial score (nSPS) is 9.93. The van der Waals surface area contributed by atoms with Crippen molar-refractivity contribution >= 4 is 17.8 Å². The van der Waals surface area contributed by atoms with E-state index in [2.05, 4.69) is 10.1 Å². The third-order valence-corrected chi connectivity index (χ3v) is 1.30. The number of carbonyl (C=O) groups excluding carboxylic acids is 2. The third-order valence-electron chi connectivity index (χ3n) is 1.30. The van der Waals surface area contributed by atoms with Gasteiger partial charge in [-0.2, -0.15) is 0 Å². The lowest BCUT2D eigenvalue weighted by Gasteiger charge is -2.02. The first-order valence-corrected chi connectivity index (χ1v) is 4.34. The molecule has 0 saturated carbocycles. The number of amides is 1. The Morgan fingerprint density at radius 1 is 1.33 bits per heavy atom. The molecule has 0 rings (SSSR count). The van der Waals surface area contributed by atoms with Crippen LogP contribution in [0.25, 0.3) is 0 Å². The van der Waals surface area contributed by atoms with Crippen molar-refractivity contribution in [3.05, 3.63) is 12.2 Å². The molecular weight excluding hydrogens is 202 g/mol. The number of carboxylic acid groups (broad SMARTS) is 1. The van der Waals surface area contributed by atoms with Crippen molar-refractivity contribution in [3.63, 3.8) is 0 Å². The number of carboxylic acids is 1. The summed E-state index contributed by atoms with van der Waals surface area (Å²) in [5, 5.41) is 10.7. The summed E-state index contributed by atoms with van der Waals surface area (Å²) in [7, 11) is 0. The van der Waals surface area contributed by atoms with Crippen LogP contribution in [0.15, 0.2) is 12.2 Å². The van der Waals surface area contributed by atoms with Crippen molar-refractivity contribution in [2.75, 3.05) is 13.2 Å². The highest BCUT2D eigenvalue weighted by Gasteiger charge is 1.98.